The van der Waals surface area contributed by atoms with Gasteiger partial charge in [0.05, 0.1) is 13.7 Å². The number of pyridine rings is 1. The van der Waals surface area contributed by atoms with E-state index in [1.807, 2.05) is 54.6 Å². The van der Waals surface area contributed by atoms with Crippen molar-refractivity contribution in [2.45, 2.75) is 26.2 Å². The average molecular weight is 443 g/mol. The number of aromatic nitrogens is 2. The van der Waals surface area contributed by atoms with Crippen LogP contribution in [0.15, 0.2) is 89.8 Å². The van der Waals surface area contributed by atoms with Crippen LogP contribution in [0.5, 0.6) is 5.75 Å². The van der Waals surface area contributed by atoms with Gasteiger partial charge >= 0.3 is 0 Å². The Kier molecular flexibility index (Phi) is 7.45. The topological polar surface area (TPSA) is 80.5 Å². The van der Waals surface area contributed by atoms with E-state index in [9.17, 15) is 4.79 Å². The Labute approximate surface area is 193 Å². The number of nitrogens with zero attached hydrogens (tertiary/aromatic N) is 3. The lowest BCUT2D eigenvalue weighted by Crippen LogP contribution is -2.24. The molecule has 0 saturated heterocycles. The summed E-state index contributed by atoms with van der Waals surface area (Å²) in [5.74, 6) is 1.04. The maximum absolute atomic E-state index is 12.5. The van der Waals surface area contributed by atoms with E-state index < -0.39 is 0 Å². The Morgan fingerprint density at radius 3 is 2.48 bits per heavy atom. The van der Waals surface area contributed by atoms with Gasteiger partial charge in [-0.1, -0.05) is 48.5 Å². The van der Waals surface area contributed by atoms with Crippen molar-refractivity contribution in [1.29, 1.82) is 0 Å². The molecule has 0 fully saturated rings. The fraction of sp³-hybridized carbons (Fsp3) is 0.192. The Hall–Kier alpha value is -3.97. The molecule has 1 N–H and O–H groups in total. The molecule has 2 heterocycles. The van der Waals surface area contributed by atoms with Gasteiger partial charge in [-0.05, 0) is 29.3 Å². The summed E-state index contributed by atoms with van der Waals surface area (Å²) >= 11 is 0. The number of nitrogens with one attached hydrogen (secondary N) is 1. The van der Waals surface area contributed by atoms with E-state index >= 15 is 0 Å². The van der Waals surface area contributed by atoms with Gasteiger partial charge in [0, 0.05) is 37.6 Å². The predicted octanol–water partition coefficient (Wildman–Crippen LogP) is 4.21. The van der Waals surface area contributed by atoms with Crippen molar-refractivity contribution in [3.05, 3.63) is 114 Å². The molecule has 2 aromatic heterocycles. The molecule has 7 nitrogen and oxygen atoms in total. The zero-order chi connectivity index (χ0) is 22.9. The maximum Gasteiger partial charge on any atom is 0.273 e. The molecule has 0 aliphatic rings. The number of hydrogen-bond donors (Lipinski definition) is 1. The SMILES string of the molecule is COc1ccccc1CN(Cc1ccccc1)Cc1nc(C(=O)NCc2ccncc2)co1. The van der Waals surface area contributed by atoms with E-state index in [2.05, 4.69) is 32.3 Å². The predicted molar refractivity (Wildman–Crippen MR) is 124 cm³/mol. The molecule has 7 heteroatoms. The lowest BCUT2D eigenvalue weighted by atomic mass is 10.1. The fourth-order valence-corrected chi connectivity index (χ4v) is 3.54. The molecule has 1 amide bonds. The van der Waals surface area contributed by atoms with Gasteiger partial charge in [-0.2, -0.15) is 0 Å². The van der Waals surface area contributed by atoms with Crippen molar-refractivity contribution in [3.63, 3.8) is 0 Å². The van der Waals surface area contributed by atoms with Crippen LogP contribution >= 0.6 is 0 Å². The monoisotopic (exact) mass is 442 g/mol. The van der Waals surface area contributed by atoms with E-state index in [0.717, 1.165) is 16.9 Å². The Balaban J connectivity index is 1.45. The molecule has 0 atom stereocenters. The van der Waals surface area contributed by atoms with Gasteiger partial charge < -0.3 is 14.5 Å². The first-order valence-electron chi connectivity index (χ1n) is 10.7. The van der Waals surface area contributed by atoms with Crippen LogP contribution in [0, 0.1) is 0 Å². The largest absolute Gasteiger partial charge is 0.496 e. The summed E-state index contributed by atoms with van der Waals surface area (Å²) in [7, 11) is 1.67. The van der Waals surface area contributed by atoms with Gasteiger partial charge in [-0.3, -0.25) is 14.7 Å². The fourth-order valence-electron chi connectivity index (χ4n) is 3.54. The summed E-state index contributed by atoms with van der Waals surface area (Å²) in [6.07, 6.45) is 4.79. The molecule has 0 aliphatic heterocycles. The number of ether oxygens (including phenoxy) is 1. The summed E-state index contributed by atoms with van der Waals surface area (Å²) in [4.78, 5) is 23.1. The number of para-hydroxylation sites is 1. The van der Waals surface area contributed by atoms with Crippen molar-refractivity contribution in [2.24, 2.45) is 0 Å². The molecular weight excluding hydrogens is 416 g/mol. The van der Waals surface area contributed by atoms with Gasteiger partial charge in [0.15, 0.2) is 5.69 Å². The molecule has 33 heavy (non-hydrogen) atoms. The van der Waals surface area contributed by atoms with Gasteiger partial charge in [-0.15, -0.1) is 0 Å². The third-order valence-electron chi connectivity index (χ3n) is 5.18. The lowest BCUT2D eigenvalue weighted by molar-refractivity contribution is 0.0945. The number of hydrogen-bond acceptors (Lipinski definition) is 6. The summed E-state index contributed by atoms with van der Waals surface area (Å²) in [5, 5.41) is 2.86. The number of carbonyl (C=O) groups is 1. The minimum absolute atomic E-state index is 0.260. The molecule has 0 radical (unpaired) electrons. The molecule has 0 unspecified atom stereocenters. The van der Waals surface area contributed by atoms with Crippen LogP contribution in [0.2, 0.25) is 0 Å². The zero-order valence-corrected chi connectivity index (χ0v) is 18.5. The van der Waals surface area contributed by atoms with Crippen molar-refractivity contribution in [2.75, 3.05) is 7.11 Å². The highest BCUT2D eigenvalue weighted by Crippen LogP contribution is 2.21. The van der Waals surface area contributed by atoms with E-state index in [1.165, 1.54) is 11.8 Å². The lowest BCUT2D eigenvalue weighted by Gasteiger charge is -2.22. The van der Waals surface area contributed by atoms with E-state index in [-0.39, 0.29) is 11.6 Å². The number of oxazole rings is 1. The normalized spacial score (nSPS) is 10.8. The molecular formula is C26H26N4O3. The number of methoxy groups -OCH3 is 1. The van der Waals surface area contributed by atoms with Crippen LogP contribution in [0.4, 0.5) is 0 Å². The summed E-state index contributed by atoms with van der Waals surface area (Å²) < 4.78 is 11.2. The second kappa shape index (κ2) is 11.1. The molecule has 168 valence electrons. The maximum atomic E-state index is 12.5. The van der Waals surface area contributed by atoms with E-state index in [1.54, 1.807) is 19.5 Å². The van der Waals surface area contributed by atoms with Crippen LogP contribution in [-0.2, 0) is 26.2 Å². The minimum Gasteiger partial charge on any atom is -0.496 e. The highest BCUT2D eigenvalue weighted by molar-refractivity contribution is 5.91. The Morgan fingerprint density at radius 2 is 1.70 bits per heavy atom. The molecule has 4 rings (SSSR count). The highest BCUT2D eigenvalue weighted by Gasteiger charge is 2.17. The molecule has 0 bridgehead atoms. The molecule has 2 aromatic carbocycles. The average Bonchev–Trinajstić information content (AvgIpc) is 3.33. The molecule has 4 aromatic rings. The zero-order valence-electron chi connectivity index (χ0n) is 18.5. The van der Waals surface area contributed by atoms with Crippen LogP contribution < -0.4 is 10.1 Å². The Morgan fingerprint density at radius 1 is 0.939 bits per heavy atom. The second-order valence-electron chi connectivity index (χ2n) is 7.61. The van der Waals surface area contributed by atoms with Crippen molar-refractivity contribution in [1.82, 2.24) is 20.2 Å². The number of carbonyl (C=O) groups excluding carboxylic acids is 1. The minimum atomic E-state index is -0.277. The van der Waals surface area contributed by atoms with Gasteiger partial charge in [-0.25, -0.2) is 4.98 Å². The smallest absolute Gasteiger partial charge is 0.273 e. The standard InChI is InChI=1S/C26H26N4O3/c1-32-24-10-6-5-9-22(24)17-30(16-21-7-3-2-4-8-21)18-25-29-23(19-33-25)26(31)28-15-20-11-13-27-14-12-20/h2-14,19H,15-18H2,1H3,(H,28,31). The van der Waals surface area contributed by atoms with Crippen LogP contribution in [0.3, 0.4) is 0 Å². The van der Waals surface area contributed by atoms with Crippen LogP contribution in [0.25, 0.3) is 0 Å². The quantitative estimate of drug-likeness (QED) is 0.396. The second-order valence-corrected chi connectivity index (χ2v) is 7.61. The Bertz CT molecular complexity index is 1160. The number of benzene rings is 2. The third kappa shape index (κ3) is 6.27. The van der Waals surface area contributed by atoms with Crippen molar-refractivity contribution in [3.8, 4) is 5.75 Å². The summed E-state index contributed by atoms with van der Waals surface area (Å²) in [6.45, 7) is 2.19. The first-order valence-corrected chi connectivity index (χ1v) is 10.7. The molecule has 0 saturated carbocycles. The highest BCUT2D eigenvalue weighted by atomic mass is 16.5. The van der Waals surface area contributed by atoms with E-state index in [4.69, 9.17) is 9.15 Å². The van der Waals surface area contributed by atoms with Gasteiger partial charge in [0.2, 0.25) is 5.89 Å². The van der Waals surface area contributed by atoms with E-state index in [0.29, 0.717) is 32.1 Å². The number of amides is 1. The summed E-state index contributed by atoms with van der Waals surface area (Å²) in [5.41, 5.74) is 3.47. The van der Waals surface area contributed by atoms with Crippen molar-refractivity contribution < 1.29 is 13.9 Å². The van der Waals surface area contributed by atoms with Crippen LogP contribution in [-0.4, -0.2) is 27.9 Å². The van der Waals surface area contributed by atoms with Gasteiger partial charge in [0.1, 0.15) is 12.0 Å². The first-order chi connectivity index (χ1) is 16.2. The number of rotatable bonds is 10. The van der Waals surface area contributed by atoms with Crippen LogP contribution in [0.1, 0.15) is 33.1 Å². The first kappa shape index (κ1) is 22.2. The molecule has 0 spiro atoms. The van der Waals surface area contributed by atoms with Gasteiger partial charge in [0.25, 0.3) is 5.91 Å². The molecule has 0 aliphatic carbocycles. The van der Waals surface area contributed by atoms with Crippen molar-refractivity contribution >= 4 is 5.91 Å². The summed E-state index contributed by atoms with van der Waals surface area (Å²) in [6, 6.07) is 21.9. The third-order valence-corrected chi connectivity index (χ3v) is 5.18.